The van der Waals surface area contributed by atoms with Gasteiger partial charge in [-0.1, -0.05) is 12.1 Å². The Kier molecular flexibility index (Phi) is 5.67. The first-order valence-corrected chi connectivity index (χ1v) is 12.6. The number of rotatable bonds is 7. The third-order valence-electron chi connectivity index (χ3n) is 5.16. The molecule has 1 aromatic carbocycles. The molecular formula is C20H22N4O4S2. The lowest BCUT2D eigenvalue weighted by Gasteiger charge is -2.17. The van der Waals surface area contributed by atoms with Gasteiger partial charge in [-0.15, -0.1) is 0 Å². The van der Waals surface area contributed by atoms with Gasteiger partial charge in [-0.3, -0.25) is 9.36 Å². The lowest BCUT2D eigenvalue weighted by atomic mass is 10.1. The largest absolute Gasteiger partial charge is 0.611 e. The van der Waals surface area contributed by atoms with Crippen molar-refractivity contribution in [1.29, 1.82) is 0 Å². The summed E-state index contributed by atoms with van der Waals surface area (Å²) in [6.45, 7) is 0.282. The van der Waals surface area contributed by atoms with E-state index in [0.29, 0.717) is 27.1 Å². The summed E-state index contributed by atoms with van der Waals surface area (Å²) < 4.78 is 38.7. The van der Waals surface area contributed by atoms with Gasteiger partial charge in [0.25, 0.3) is 5.56 Å². The molecule has 1 aliphatic rings. The molecule has 1 unspecified atom stereocenters. The minimum absolute atomic E-state index is 0.132. The van der Waals surface area contributed by atoms with Gasteiger partial charge in [0.2, 0.25) is 10.0 Å². The van der Waals surface area contributed by atoms with E-state index in [9.17, 15) is 17.8 Å². The Balaban J connectivity index is 1.79. The molecule has 0 aliphatic heterocycles. The normalized spacial score (nSPS) is 15.6. The van der Waals surface area contributed by atoms with Crippen LogP contribution in [0.25, 0.3) is 22.2 Å². The highest BCUT2D eigenvalue weighted by Crippen LogP contribution is 2.34. The number of fused-ring (bicyclic) bond motifs is 1. The molecule has 1 aliphatic carbocycles. The summed E-state index contributed by atoms with van der Waals surface area (Å²) in [6.07, 6.45) is 6.03. The molecule has 8 nitrogen and oxygen atoms in total. The third-order valence-corrected chi connectivity index (χ3v) is 8.27. The van der Waals surface area contributed by atoms with Crippen molar-refractivity contribution in [2.75, 3.05) is 19.8 Å². The fraction of sp³-hybridized carbons (Fsp3) is 0.350. The summed E-state index contributed by atoms with van der Waals surface area (Å²) in [4.78, 5) is 22.3. The van der Waals surface area contributed by atoms with Gasteiger partial charge in [-0.05, 0) is 28.9 Å². The standard InChI is InChI=1S/C20H22N4O4S2/c1-23(30(2,27)28)8-9-24-19-15(12-21-13-22-19)11-18(20(24)25)14-4-3-5-17(10-14)29(26)16-6-7-16/h3-5,10-13,16H,6-9H2,1-2H3. The second-order valence-corrected chi connectivity index (χ2v) is 11.2. The number of hydrogen-bond donors (Lipinski definition) is 0. The number of likely N-dealkylation sites (N-methyl/N-ethyl adjacent to an activating group) is 1. The number of aromatic nitrogens is 3. The molecule has 4 rings (SSSR count). The highest BCUT2D eigenvalue weighted by atomic mass is 32.2. The summed E-state index contributed by atoms with van der Waals surface area (Å²) >= 11 is -1.07. The fourth-order valence-electron chi connectivity index (χ4n) is 3.20. The van der Waals surface area contributed by atoms with E-state index in [1.54, 1.807) is 24.4 Å². The molecule has 2 heterocycles. The van der Waals surface area contributed by atoms with Crippen molar-refractivity contribution < 1.29 is 13.0 Å². The summed E-state index contributed by atoms with van der Waals surface area (Å²) in [5.41, 5.74) is 1.27. The Morgan fingerprint density at radius 3 is 2.77 bits per heavy atom. The average Bonchev–Trinajstić information content (AvgIpc) is 3.56. The summed E-state index contributed by atoms with van der Waals surface area (Å²) in [5, 5.41) is 0.872. The molecule has 1 saturated carbocycles. The molecule has 0 bridgehead atoms. The predicted molar refractivity (Wildman–Crippen MR) is 116 cm³/mol. The van der Waals surface area contributed by atoms with Crippen LogP contribution in [0.15, 0.2) is 52.5 Å². The minimum atomic E-state index is -3.37. The number of nitrogens with zero attached hydrogens (tertiary/aromatic N) is 4. The van der Waals surface area contributed by atoms with Gasteiger partial charge in [-0.25, -0.2) is 22.7 Å². The molecule has 158 valence electrons. The minimum Gasteiger partial charge on any atom is -0.611 e. The Morgan fingerprint density at radius 2 is 2.07 bits per heavy atom. The summed E-state index contributed by atoms with van der Waals surface area (Å²) in [5.74, 6) is 0. The van der Waals surface area contributed by atoms with Crippen LogP contribution in [0.4, 0.5) is 0 Å². The molecule has 1 fully saturated rings. The van der Waals surface area contributed by atoms with Crippen molar-refractivity contribution in [3.05, 3.63) is 53.2 Å². The van der Waals surface area contributed by atoms with Gasteiger partial charge in [0.1, 0.15) is 17.2 Å². The highest BCUT2D eigenvalue weighted by molar-refractivity contribution is 7.92. The fourth-order valence-corrected chi connectivity index (χ4v) is 5.02. The number of sulfonamides is 1. The van der Waals surface area contributed by atoms with Crippen molar-refractivity contribution in [2.24, 2.45) is 0 Å². The van der Waals surface area contributed by atoms with Crippen LogP contribution in [0.3, 0.4) is 0 Å². The van der Waals surface area contributed by atoms with Gasteiger partial charge in [0, 0.05) is 56.2 Å². The number of benzene rings is 1. The van der Waals surface area contributed by atoms with E-state index in [0.717, 1.165) is 19.1 Å². The van der Waals surface area contributed by atoms with Gasteiger partial charge in [0.05, 0.1) is 6.26 Å². The molecule has 3 aromatic rings. The predicted octanol–water partition coefficient (Wildman–Crippen LogP) is 1.62. The van der Waals surface area contributed by atoms with Crippen molar-refractivity contribution in [3.8, 4) is 11.1 Å². The van der Waals surface area contributed by atoms with E-state index in [4.69, 9.17) is 0 Å². The Labute approximate surface area is 177 Å². The zero-order valence-corrected chi connectivity index (χ0v) is 18.3. The van der Waals surface area contributed by atoms with Crippen molar-refractivity contribution in [3.63, 3.8) is 0 Å². The van der Waals surface area contributed by atoms with Crippen LogP contribution in [0.1, 0.15) is 12.8 Å². The second kappa shape index (κ2) is 8.10. The molecule has 0 N–H and O–H groups in total. The third kappa shape index (κ3) is 4.27. The lowest BCUT2D eigenvalue weighted by Crippen LogP contribution is -2.33. The molecular weight excluding hydrogens is 424 g/mol. The maximum absolute atomic E-state index is 13.3. The van der Waals surface area contributed by atoms with Gasteiger partial charge in [-0.2, -0.15) is 0 Å². The van der Waals surface area contributed by atoms with Crippen LogP contribution in [0, 0.1) is 0 Å². The van der Waals surface area contributed by atoms with Crippen LogP contribution in [-0.2, 0) is 27.7 Å². The molecule has 1 atom stereocenters. The lowest BCUT2D eigenvalue weighted by molar-refractivity contribution is 0.449. The van der Waals surface area contributed by atoms with Crippen molar-refractivity contribution in [1.82, 2.24) is 18.8 Å². The topological polar surface area (TPSA) is 108 Å². The first-order valence-electron chi connectivity index (χ1n) is 9.51. The quantitative estimate of drug-likeness (QED) is 0.510. The van der Waals surface area contributed by atoms with E-state index in [2.05, 4.69) is 9.97 Å². The molecule has 30 heavy (non-hydrogen) atoms. The number of hydrogen-bond acceptors (Lipinski definition) is 6. The zero-order valence-electron chi connectivity index (χ0n) is 16.7. The second-order valence-electron chi connectivity index (χ2n) is 7.43. The van der Waals surface area contributed by atoms with Crippen LogP contribution < -0.4 is 5.56 Å². The summed E-state index contributed by atoms with van der Waals surface area (Å²) in [7, 11) is -1.90. The van der Waals surface area contributed by atoms with Crippen LogP contribution in [-0.4, -0.2) is 56.9 Å². The molecule has 2 aromatic heterocycles. The molecule has 0 amide bonds. The monoisotopic (exact) mass is 446 g/mol. The van der Waals surface area contributed by atoms with E-state index in [1.165, 1.54) is 22.2 Å². The van der Waals surface area contributed by atoms with E-state index >= 15 is 0 Å². The average molecular weight is 447 g/mol. The highest BCUT2D eigenvalue weighted by Gasteiger charge is 2.35. The van der Waals surface area contributed by atoms with E-state index in [-0.39, 0.29) is 23.9 Å². The smallest absolute Gasteiger partial charge is 0.260 e. The maximum atomic E-state index is 13.3. The molecule has 0 radical (unpaired) electrons. The van der Waals surface area contributed by atoms with E-state index < -0.39 is 21.2 Å². The van der Waals surface area contributed by atoms with Gasteiger partial charge >= 0.3 is 0 Å². The van der Waals surface area contributed by atoms with Gasteiger partial charge in [0.15, 0.2) is 4.90 Å². The Hall–Kier alpha value is -2.27. The molecule has 0 saturated heterocycles. The van der Waals surface area contributed by atoms with Crippen LogP contribution in [0.5, 0.6) is 0 Å². The first-order chi connectivity index (χ1) is 14.3. The number of pyridine rings is 1. The summed E-state index contributed by atoms with van der Waals surface area (Å²) in [6, 6.07) is 8.97. The molecule has 0 spiro atoms. The van der Waals surface area contributed by atoms with Crippen LogP contribution >= 0.6 is 0 Å². The van der Waals surface area contributed by atoms with Crippen LogP contribution in [0.2, 0.25) is 0 Å². The van der Waals surface area contributed by atoms with Gasteiger partial charge < -0.3 is 4.55 Å². The van der Waals surface area contributed by atoms with Crippen molar-refractivity contribution >= 4 is 32.2 Å². The van der Waals surface area contributed by atoms with E-state index in [1.807, 2.05) is 12.1 Å². The SMILES string of the molecule is CN(CCn1c(=O)c(-c2cccc([S+]([O-])C3CC3)c2)cc2cncnc21)S(C)(=O)=O. The maximum Gasteiger partial charge on any atom is 0.260 e. The Bertz CT molecular complexity index is 1260. The zero-order chi connectivity index (χ0) is 21.5. The molecule has 10 heteroatoms. The first kappa shape index (κ1) is 21.0. The Morgan fingerprint density at radius 1 is 1.30 bits per heavy atom. The van der Waals surface area contributed by atoms with Crippen molar-refractivity contribution in [2.45, 2.75) is 29.5 Å².